The van der Waals surface area contributed by atoms with E-state index in [1.807, 2.05) is 0 Å². The van der Waals surface area contributed by atoms with Gasteiger partial charge in [-0.2, -0.15) is 0 Å². The first-order valence-electron chi connectivity index (χ1n) is 9.99. The Morgan fingerprint density at radius 3 is 1.78 bits per heavy atom. The third-order valence-electron chi connectivity index (χ3n) is 4.27. The molecule has 1 amide bonds. The minimum Gasteiger partial charge on any atom is -0.356 e. The van der Waals surface area contributed by atoms with E-state index in [0.717, 1.165) is 19.4 Å². The lowest BCUT2D eigenvalue weighted by atomic mass is 10.1. The number of Topliss-reactive ketones (excluding diaryl/α,β-unsaturated/α-hetero) is 1. The summed E-state index contributed by atoms with van der Waals surface area (Å²) in [6.07, 6.45) is 15.9. The van der Waals surface area contributed by atoms with Crippen molar-refractivity contribution < 1.29 is 9.59 Å². The van der Waals surface area contributed by atoms with Crippen molar-refractivity contribution >= 4 is 11.7 Å². The Balaban J connectivity index is 3.33. The van der Waals surface area contributed by atoms with Crippen LogP contribution in [0.25, 0.3) is 0 Å². The van der Waals surface area contributed by atoms with Crippen molar-refractivity contribution in [3.05, 3.63) is 0 Å². The Morgan fingerprint density at radius 1 is 0.609 bits per heavy atom. The molecule has 23 heavy (non-hydrogen) atoms. The largest absolute Gasteiger partial charge is 0.356 e. The van der Waals surface area contributed by atoms with E-state index < -0.39 is 0 Å². The van der Waals surface area contributed by atoms with E-state index in [2.05, 4.69) is 19.2 Å². The van der Waals surface area contributed by atoms with Crippen molar-refractivity contribution in [3.8, 4) is 0 Å². The van der Waals surface area contributed by atoms with Crippen LogP contribution >= 0.6 is 0 Å². The number of ketones is 1. The molecule has 0 heterocycles. The van der Waals surface area contributed by atoms with Gasteiger partial charge >= 0.3 is 0 Å². The normalized spacial score (nSPS) is 10.7. The van der Waals surface area contributed by atoms with Crippen molar-refractivity contribution in [2.45, 2.75) is 110 Å². The molecule has 0 radical (unpaired) electrons. The van der Waals surface area contributed by atoms with Gasteiger partial charge in [-0.1, -0.05) is 71.6 Å². The number of carbonyl (C=O) groups excluding carboxylic acids is 2. The number of hydrogen-bond donors (Lipinski definition) is 1. The second-order valence-corrected chi connectivity index (χ2v) is 6.67. The van der Waals surface area contributed by atoms with Gasteiger partial charge in [-0.05, 0) is 19.3 Å². The Morgan fingerprint density at radius 2 is 1.13 bits per heavy atom. The van der Waals surface area contributed by atoms with Crippen LogP contribution in [-0.2, 0) is 9.59 Å². The molecule has 0 aliphatic heterocycles. The average Bonchev–Trinajstić information content (AvgIpc) is 2.54. The summed E-state index contributed by atoms with van der Waals surface area (Å²) in [4.78, 5) is 23.4. The van der Waals surface area contributed by atoms with Crippen LogP contribution in [0.3, 0.4) is 0 Å². The van der Waals surface area contributed by atoms with E-state index in [1.54, 1.807) is 0 Å². The molecule has 0 saturated carbocycles. The molecule has 1 N–H and O–H groups in total. The van der Waals surface area contributed by atoms with Crippen LogP contribution in [0.4, 0.5) is 0 Å². The third-order valence-corrected chi connectivity index (χ3v) is 4.27. The topological polar surface area (TPSA) is 46.2 Å². The van der Waals surface area contributed by atoms with Crippen molar-refractivity contribution in [1.29, 1.82) is 0 Å². The van der Waals surface area contributed by atoms with Crippen LogP contribution in [0.1, 0.15) is 110 Å². The Labute approximate surface area is 144 Å². The van der Waals surface area contributed by atoms with Gasteiger partial charge in [0.1, 0.15) is 5.78 Å². The molecule has 0 aromatic rings. The summed E-state index contributed by atoms with van der Waals surface area (Å²) in [6, 6.07) is 0. The Kier molecular flexibility index (Phi) is 16.8. The maximum absolute atomic E-state index is 11.7. The monoisotopic (exact) mass is 325 g/mol. The number of hydrogen-bond acceptors (Lipinski definition) is 2. The number of rotatable bonds is 17. The first kappa shape index (κ1) is 22.1. The van der Waals surface area contributed by atoms with Gasteiger partial charge < -0.3 is 5.32 Å². The highest BCUT2D eigenvalue weighted by Gasteiger charge is 2.05. The molecule has 0 atom stereocenters. The fraction of sp³-hybridized carbons (Fsp3) is 0.900. The molecule has 0 fully saturated rings. The maximum Gasteiger partial charge on any atom is 0.220 e. The van der Waals surface area contributed by atoms with E-state index >= 15 is 0 Å². The smallest absolute Gasteiger partial charge is 0.220 e. The molecule has 0 rings (SSSR count). The number of carbonyl (C=O) groups is 2. The molecular formula is C20H39NO2. The van der Waals surface area contributed by atoms with Gasteiger partial charge in [0.05, 0.1) is 0 Å². The van der Waals surface area contributed by atoms with Crippen LogP contribution in [0.5, 0.6) is 0 Å². The molecule has 0 unspecified atom stereocenters. The molecule has 0 aliphatic carbocycles. The third kappa shape index (κ3) is 17.3. The van der Waals surface area contributed by atoms with E-state index in [9.17, 15) is 9.59 Å². The van der Waals surface area contributed by atoms with Crippen LogP contribution < -0.4 is 5.32 Å². The van der Waals surface area contributed by atoms with Crippen LogP contribution in [0, 0.1) is 0 Å². The fourth-order valence-electron chi connectivity index (χ4n) is 2.72. The molecule has 0 spiro atoms. The zero-order valence-electron chi connectivity index (χ0n) is 15.6. The Bertz CT molecular complexity index is 289. The zero-order valence-corrected chi connectivity index (χ0v) is 15.6. The lowest BCUT2D eigenvalue weighted by molar-refractivity contribution is -0.121. The summed E-state index contributed by atoms with van der Waals surface area (Å²) >= 11 is 0. The lowest BCUT2D eigenvalue weighted by Gasteiger charge is -2.05. The summed E-state index contributed by atoms with van der Waals surface area (Å²) < 4.78 is 0. The van der Waals surface area contributed by atoms with Gasteiger partial charge in [-0.25, -0.2) is 0 Å². The minimum absolute atomic E-state index is 0.106. The fourth-order valence-corrected chi connectivity index (χ4v) is 2.72. The van der Waals surface area contributed by atoms with E-state index in [-0.39, 0.29) is 5.91 Å². The van der Waals surface area contributed by atoms with Crippen molar-refractivity contribution in [2.75, 3.05) is 6.54 Å². The van der Waals surface area contributed by atoms with Crippen molar-refractivity contribution in [2.24, 2.45) is 0 Å². The SMILES string of the molecule is CCCCCCCCNC(=O)CCCC(=O)CCCCCCC. The predicted molar refractivity (Wildman–Crippen MR) is 98.6 cm³/mol. The molecular weight excluding hydrogens is 286 g/mol. The number of nitrogens with one attached hydrogen (secondary N) is 1. The zero-order chi connectivity index (χ0) is 17.2. The quantitative estimate of drug-likeness (QED) is 0.356. The highest BCUT2D eigenvalue weighted by molar-refractivity contribution is 5.80. The van der Waals surface area contributed by atoms with Gasteiger partial charge in [0.25, 0.3) is 0 Å². The van der Waals surface area contributed by atoms with Gasteiger partial charge in [-0.3, -0.25) is 9.59 Å². The van der Waals surface area contributed by atoms with Crippen LogP contribution in [0.15, 0.2) is 0 Å². The lowest BCUT2D eigenvalue weighted by Crippen LogP contribution is -2.24. The van der Waals surface area contributed by atoms with Crippen molar-refractivity contribution in [1.82, 2.24) is 5.32 Å². The van der Waals surface area contributed by atoms with Gasteiger partial charge in [0, 0.05) is 25.8 Å². The van der Waals surface area contributed by atoms with Crippen molar-refractivity contribution in [3.63, 3.8) is 0 Å². The highest BCUT2D eigenvalue weighted by atomic mass is 16.1. The summed E-state index contributed by atoms with van der Waals surface area (Å²) in [7, 11) is 0. The second-order valence-electron chi connectivity index (χ2n) is 6.67. The Hall–Kier alpha value is -0.860. The average molecular weight is 326 g/mol. The first-order valence-corrected chi connectivity index (χ1v) is 9.99. The first-order chi connectivity index (χ1) is 11.2. The van der Waals surface area contributed by atoms with E-state index in [1.165, 1.54) is 57.8 Å². The molecule has 3 nitrogen and oxygen atoms in total. The minimum atomic E-state index is 0.106. The summed E-state index contributed by atoms with van der Waals surface area (Å²) in [5.74, 6) is 0.430. The van der Waals surface area contributed by atoms with Crippen LogP contribution in [-0.4, -0.2) is 18.2 Å². The maximum atomic E-state index is 11.7. The van der Waals surface area contributed by atoms with Crippen LogP contribution in [0.2, 0.25) is 0 Å². The predicted octanol–water partition coefficient (Wildman–Crippen LogP) is 5.56. The molecule has 0 aliphatic rings. The highest BCUT2D eigenvalue weighted by Crippen LogP contribution is 2.08. The number of amides is 1. The molecule has 3 heteroatoms. The number of unbranched alkanes of at least 4 members (excludes halogenated alkanes) is 9. The van der Waals surface area contributed by atoms with Gasteiger partial charge in [-0.15, -0.1) is 0 Å². The standard InChI is InChI=1S/C20H39NO2/c1-3-5-7-9-11-13-18-21-20(23)17-14-16-19(22)15-12-10-8-6-4-2/h3-18H2,1-2H3,(H,21,23). The second kappa shape index (κ2) is 17.5. The molecule has 136 valence electrons. The molecule has 0 aromatic carbocycles. The van der Waals surface area contributed by atoms with Gasteiger partial charge in [0.2, 0.25) is 5.91 Å². The summed E-state index contributed by atoms with van der Waals surface area (Å²) in [5, 5.41) is 2.96. The summed E-state index contributed by atoms with van der Waals surface area (Å²) in [6.45, 7) is 5.20. The molecule has 0 saturated heterocycles. The molecule has 0 bridgehead atoms. The van der Waals surface area contributed by atoms with E-state index in [0.29, 0.717) is 31.5 Å². The summed E-state index contributed by atoms with van der Waals surface area (Å²) in [5.41, 5.74) is 0. The van der Waals surface area contributed by atoms with E-state index in [4.69, 9.17) is 0 Å². The molecule has 0 aromatic heterocycles. The van der Waals surface area contributed by atoms with Gasteiger partial charge in [0.15, 0.2) is 0 Å².